The molecule has 3 heterocycles. The average Bonchev–Trinajstić information content (AvgIpc) is 2.92. The van der Waals surface area contributed by atoms with Crippen LogP contribution >= 0.6 is 0 Å². The number of anilines is 1. The lowest BCUT2D eigenvalue weighted by atomic mass is 10.3. The summed E-state index contributed by atoms with van der Waals surface area (Å²) in [6, 6.07) is 1.93. The van der Waals surface area contributed by atoms with Crippen molar-refractivity contribution in [1.82, 2.24) is 19.7 Å². The maximum Gasteiger partial charge on any atom is 0.225 e. The second-order valence-electron chi connectivity index (χ2n) is 5.27. The van der Waals surface area contributed by atoms with Gasteiger partial charge in [0.25, 0.3) is 0 Å². The third-order valence-corrected chi connectivity index (χ3v) is 3.68. The third-order valence-electron chi connectivity index (χ3n) is 3.68. The fourth-order valence-corrected chi connectivity index (χ4v) is 2.50. The lowest BCUT2D eigenvalue weighted by Crippen LogP contribution is -2.35. The van der Waals surface area contributed by atoms with Crippen LogP contribution in [0, 0.1) is 0 Å². The second-order valence-corrected chi connectivity index (χ2v) is 5.27. The van der Waals surface area contributed by atoms with E-state index in [-0.39, 0.29) is 6.10 Å². The zero-order valence-corrected chi connectivity index (χ0v) is 12.4. The van der Waals surface area contributed by atoms with Gasteiger partial charge >= 0.3 is 0 Å². The van der Waals surface area contributed by atoms with Gasteiger partial charge in [0, 0.05) is 44.5 Å². The first kappa shape index (κ1) is 14.0. The summed E-state index contributed by atoms with van der Waals surface area (Å²) in [5, 5.41) is 4.25. The van der Waals surface area contributed by atoms with Gasteiger partial charge in [-0.2, -0.15) is 5.10 Å². The Hall–Kier alpha value is -1.95. The van der Waals surface area contributed by atoms with Gasteiger partial charge in [-0.05, 0) is 24.5 Å². The largest absolute Gasteiger partial charge is 0.374 e. The molecule has 0 aromatic carbocycles. The van der Waals surface area contributed by atoms with Crippen LogP contribution in [0.15, 0.2) is 30.9 Å². The molecule has 0 saturated carbocycles. The van der Waals surface area contributed by atoms with Gasteiger partial charge in [0.2, 0.25) is 5.95 Å². The van der Waals surface area contributed by atoms with Gasteiger partial charge in [0.05, 0.1) is 12.6 Å². The molecule has 1 atom stereocenters. The van der Waals surface area contributed by atoms with E-state index in [2.05, 4.69) is 26.9 Å². The minimum absolute atomic E-state index is 0.113. The molecule has 0 aliphatic carbocycles. The summed E-state index contributed by atoms with van der Waals surface area (Å²) in [6.45, 7) is 5.37. The maximum atomic E-state index is 5.91. The quantitative estimate of drug-likeness (QED) is 0.853. The molecule has 6 nitrogen and oxygen atoms in total. The molecule has 6 heteroatoms. The van der Waals surface area contributed by atoms with E-state index < -0.39 is 0 Å². The summed E-state index contributed by atoms with van der Waals surface area (Å²) in [6.07, 6.45) is 9.65. The highest BCUT2D eigenvalue weighted by Gasteiger charge is 2.21. The van der Waals surface area contributed by atoms with Gasteiger partial charge < -0.3 is 9.64 Å². The van der Waals surface area contributed by atoms with Crippen LogP contribution in [-0.4, -0.2) is 45.5 Å². The second kappa shape index (κ2) is 6.67. The van der Waals surface area contributed by atoms with Gasteiger partial charge in [-0.1, -0.05) is 6.92 Å². The van der Waals surface area contributed by atoms with Gasteiger partial charge in [0.1, 0.15) is 0 Å². The summed E-state index contributed by atoms with van der Waals surface area (Å²) < 4.78 is 7.83. The maximum absolute atomic E-state index is 5.91. The van der Waals surface area contributed by atoms with Crippen LogP contribution in [0.25, 0.3) is 0 Å². The SMILES string of the molecule is CCc1cnc(N2CCCOC(Cn3cccn3)C2)nc1. The fourth-order valence-electron chi connectivity index (χ4n) is 2.50. The number of aryl methyl sites for hydroxylation is 1. The minimum atomic E-state index is 0.113. The normalized spacial score (nSPS) is 19.5. The van der Waals surface area contributed by atoms with Crippen molar-refractivity contribution in [2.24, 2.45) is 0 Å². The molecule has 1 aliphatic rings. The topological polar surface area (TPSA) is 56.1 Å². The van der Waals surface area contributed by atoms with E-state index in [9.17, 15) is 0 Å². The van der Waals surface area contributed by atoms with Gasteiger partial charge in [0.15, 0.2) is 0 Å². The van der Waals surface area contributed by atoms with Crippen LogP contribution in [0.2, 0.25) is 0 Å². The number of nitrogens with zero attached hydrogens (tertiary/aromatic N) is 5. The smallest absolute Gasteiger partial charge is 0.225 e. The molecule has 0 radical (unpaired) electrons. The van der Waals surface area contributed by atoms with Crippen molar-refractivity contribution in [3.05, 3.63) is 36.4 Å². The molecule has 2 aromatic rings. The van der Waals surface area contributed by atoms with Crippen LogP contribution in [-0.2, 0) is 17.7 Å². The molecule has 0 amide bonds. The minimum Gasteiger partial charge on any atom is -0.374 e. The molecule has 1 unspecified atom stereocenters. The van der Waals surface area contributed by atoms with E-state index in [1.54, 1.807) is 6.20 Å². The summed E-state index contributed by atoms with van der Waals surface area (Å²) in [7, 11) is 0. The Kier molecular flexibility index (Phi) is 4.45. The fraction of sp³-hybridized carbons (Fsp3) is 0.533. The molecule has 112 valence electrons. The molecule has 0 N–H and O–H groups in total. The van der Waals surface area contributed by atoms with E-state index >= 15 is 0 Å². The van der Waals surface area contributed by atoms with Crippen molar-refractivity contribution >= 4 is 5.95 Å². The molecule has 3 rings (SSSR count). The average molecular weight is 287 g/mol. The van der Waals surface area contributed by atoms with Crippen molar-refractivity contribution < 1.29 is 4.74 Å². The summed E-state index contributed by atoms with van der Waals surface area (Å²) >= 11 is 0. The molecule has 1 aliphatic heterocycles. The highest BCUT2D eigenvalue weighted by molar-refractivity contribution is 5.30. The van der Waals surface area contributed by atoms with Gasteiger partial charge in [-0.15, -0.1) is 0 Å². The first-order chi connectivity index (χ1) is 10.3. The zero-order valence-electron chi connectivity index (χ0n) is 12.4. The van der Waals surface area contributed by atoms with Gasteiger partial charge in [-0.25, -0.2) is 9.97 Å². The van der Waals surface area contributed by atoms with Gasteiger partial charge in [-0.3, -0.25) is 4.68 Å². The van der Waals surface area contributed by atoms with E-state index in [4.69, 9.17) is 4.74 Å². The number of ether oxygens (including phenoxy) is 1. The predicted molar refractivity (Wildman–Crippen MR) is 80.2 cm³/mol. The number of hydrogen-bond donors (Lipinski definition) is 0. The molecule has 0 bridgehead atoms. The van der Waals surface area contributed by atoms with Crippen LogP contribution in [0.4, 0.5) is 5.95 Å². The lowest BCUT2D eigenvalue weighted by Gasteiger charge is -2.23. The molecule has 1 fully saturated rings. The van der Waals surface area contributed by atoms with Crippen LogP contribution in [0.1, 0.15) is 18.9 Å². The first-order valence-corrected chi connectivity index (χ1v) is 7.50. The zero-order chi connectivity index (χ0) is 14.5. The van der Waals surface area contributed by atoms with Crippen molar-refractivity contribution in [1.29, 1.82) is 0 Å². The van der Waals surface area contributed by atoms with Crippen molar-refractivity contribution in [3.63, 3.8) is 0 Å². The molecule has 21 heavy (non-hydrogen) atoms. The molecule has 1 saturated heterocycles. The van der Waals surface area contributed by atoms with Crippen molar-refractivity contribution in [2.75, 3.05) is 24.6 Å². The number of aromatic nitrogens is 4. The Morgan fingerprint density at radius 2 is 2.19 bits per heavy atom. The van der Waals surface area contributed by atoms with E-state index in [1.165, 1.54) is 0 Å². The van der Waals surface area contributed by atoms with Crippen LogP contribution in [0.5, 0.6) is 0 Å². The lowest BCUT2D eigenvalue weighted by molar-refractivity contribution is 0.0543. The summed E-state index contributed by atoms with van der Waals surface area (Å²) in [4.78, 5) is 11.2. The molecule has 0 spiro atoms. The number of hydrogen-bond acceptors (Lipinski definition) is 5. The third kappa shape index (κ3) is 3.58. The highest BCUT2D eigenvalue weighted by Crippen LogP contribution is 2.14. The van der Waals surface area contributed by atoms with Crippen molar-refractivity contribution in [3.8, 4) is 0 Å². The van der Waals surface area contributed by atoms with E-state index in [0.717, 1.165) is 50.6 Å². The summed E-state index contributed by atoms with van der Waals surface area (Å²) in [5.41, 5.74) is 1.16. The Morgan fingerprint density at radius 3 is 2.90 bits per heavy atom. The number of rotatable bonds is 4. The highest BCUT2D eigenvalue weighted by atomic mass is 16.5. The molecular weight excluding hydrogens is 266 g/mol. The Balaban J connectivity index is 1.68. The monoisotopic (exact) mass is 287 g/mol. The van der Waals surface area contributed by atoms with E-state index in [1.807, 2.05) is 29.3 Å². The van der Waals surface area contributed by atoms with Crippen molar-refractivity contribution in [2.45, 2.75) is 32.4 Å². The standard InChI is InChI=1S/C15H21N5O/c1-2-13-9-16-15(17-10-13)19-6-4-8-21-14(11-19)12-20-7-3-5-18-20/h3,5,7,9-10,14H,2,4,6,8,11-12H2,1H3. The summed E-state index contributed by atoms with van der Waals surface area (Å²) in [5.74, 6) is 0.795. The molecular formula is C15H21N5O. The molecule has 2 aromatic heterocycles. The first-order valence-electron chi connectivity index (χ1n) is 7.50. The predicted octanol–water partition coefficient (Wildman–Crippen LogP) is 1.53. The Labute approximate surface area is 124 Å². The van der Waals surface area contributed by atoms with E-state index in [0.29, 0.717) is 0 Å². The Bertz CT molecular complexity index is 540. The van der Waals surface area contributed by atoms with Crippen LogP contribution < -0.4 is 4.90 Å². The Morgan fingerprint density at radius 1 is 1.33 bits per heavy atom. The van der Waals surface area contributed by atoms with Crippen LogP contribution in [0.3, 0.4) is 0 Å².